The Morgan fingerprint density at radius 1 is 0.972 bits per heavy atom. The lowest BCUT2D eigenvalue weighted by molar-refractivity contribution is -0.384. The van der Waals surface area contributed by atoms with Crippen molar-refractivity contribution in [1.29, 1.82) is 0 Å². The van der Waals surface area contributed by atoms with Gasteiger partial charge in [-0.15, -0.1) is 23.1 Å². The normalized spacial score (nSPS) is 11.5. The number of benzene rings is 3. The van der Waals surface area contributed by atoms with E-state index < -0.39 is 4.92 Å². The van der Waals surface area contributed by atoms with E-state index in [1.54, 1.807) is 12.1 Å². The molecule has 3 aromatic carbocycles. The molecule has 0 radical (unpaired) electrons. The second-order valence-electron chi connectivity index (χ2n) is 7.94. The van der Waals surface area contributed by atoms with Crippen LogP contribution in [0.4, 0.5) is 16.5 Å². The Bertz CT molecular complexity index is 1380. The number of thioether (sulfide) groups is 1. The molecular weight excluding hydrogens is 496 g/mol. The van der Waals surface area contributed by atoms with Gasteiger partial charge in [0.15, 0.2) is 5.13 Å². The van der Waals surface area contributed by atoms with E-state index >= 15 is 0 Å². The summed E-state index contributed by atoms with van der Waals surface area (Å²) in [5.41, 5.74) is 3.81. The van der Waals surface area contributed by atoms with E-state index in [0.717, 1.165) is 16.2 Å². The van der Waals surface area contributed by atoms with Crippen molar-refractivity contribution in [1.82, 2.24) is 4.98 Å². The molecule has 8 nitrogen and oxygen atoms in total. The zero-order valence-electron chi connectivity index (χ0n) is 19.4. The van der Waals surface area contributed by atoms with E-state index in [1.165, 1.54) is 52.9 Å². The summed E-state index contributed by atoms with van der Waals surface area (Å²) in [7, 11) is 0. The first kappa shape index (κ1) is 25.1. The molecule has 1 atom stereocenters. The quantitative estimate of drug-likeness (QED) is 0.158. The number of rotatable bonds is 8. The largest absolute Gasteiger partial charge is 0.322 e. The predicted molar refractivity (Wildman–Crippen MR) is 144 cm³/mol. The number of aromatic nitrogens is 1. The fourth-order valence-electron chi connectivity index (χ4n) is 3.21. The molecule has 2 amide bonds. The van der Waals surface area contributed by atoms with Gasteiger partial charge in [0.1, 0.15) is 0 Å². The first-order chi connectivity index (χ1) is 17.3. The van der Waals surface area contributed by atoms with Crippen LogP contribution in [0.25, 0.3) is 11.3 Å². The molecule has 4 aromatic rings. The highest BCUT2D eigenvalue weighted by atomic mass is 32.2. The highest BCUT2D eigenvalue weighted by Gasteiger charge is 2.17. The summed E-state index contributed by atoms with van der Waals surface area (Å²) in [6.45, 7) is 3.85. The predicted octanol–water partition coefficient (Wildman–Crippen LogP) is 6.40. The Hall–Kier alpha value is -4.02. The summed E-state index contributed by atoms with van der Waals surface area (Å²) in [5, 5.41) is 18.5. The maximum absolute atomic E-state index is 12.7. The summed E-state index contributed by atoms with van der Waals surface area (Å²) < 4.78 is 0. The van der Waals surface area contributed by atoms with Crippen molar-refractivity contribution in [2.24, 2.45) is 0 Å². The number of amides is 2. The molecule has 0 fully saturated rings. The van der Waals surface area contributed by atoms with Crippen molar-refractivity contribution < 1.29 is 14.5 Å². The Morgan fingerprint density at radius 2 is 1.64 bits per heavy atom. The van der Waals surface area contributed by atoms with Gasteiger partial charge in [0.2, 0.25) is 5.91 Å². The molecule has 1 unspecified atom stereocenters. The molecule has 0 aliphatic rings. The lowest BCUT2D eigenvalue weighted by Crippen LogP contribution is -2.22. The number of hydrogen-bond donors (Lipinski definition) is 2. The van der Waals surface area contributed by atoms with Crippen LogP contribution in [0.15, 0.2) is 83.1 Å². The Labute approximate surface area is 215 Å². The van der Waals surface area contributed by atoms with Crippen LogP contribution in [-0.4, -0.2) is 27.0 Å². The summed E-state index contributed by atoms with van der Waals surface area (Å²) in [6.07, 6.45) is 0. The first-order valence-electron chi connectivity index (χ1n) is 10.9. The molecule has 1 aromatic heterocycles. The Kier molecular flexibility index (Phi) is 7.77. The van der Waals surface area contributed by atoms with Gasteiger partial charge >= 0.3 is 0 Å². The minimum atomic E-state index is -0.515. The number of carbonyl (C=O) groups excluding carboxylic acids is 2. The number of thiazole rings is 1. The third-order valence-corrected chi connectivity index (χ3v) is 7.09. The van der Waals surface area contributed by atoms with E-state index in [2.05, 4.69) is 15.6 Å². The fourth-order valence-corrected chi connectivity index (χ4v) is 4.80. The van der Waals surface area contributed by atoms with Gasteiger partial charge in [-0.25, -0.2) is 4.98 Å². The van der Waals surface area contributed by atoms with Crippen molar-refractivity contribution in [2.45, 2.75) is 24.0 Å². The average molecular weight is 519 g/mol. The highest BCUT2D eigenvalue weighted by Crippen LogP contribution is 2.28. The van der Waals surface area contributed by atoms with Crippen LogP contribution in [0.1, 0.15) is 22.8 Å². The average Bonchev–Trinajstić information content (AvgIpc) is 3.34. The summed E-state index contributed by atoms with van der Waals surface area (Å²) in [6, 6.07) is 20.6. The molecule has 4 rings (SSSR count). The van der Waals surface area contributed by atoms with Crippen molar-refractivity contribution in [3.63, 3.8) is 0 Å². The second-order valence-corrected chi connectivity index (χ2v) is 10.2. The zero-order valence-corrected chi connectivity index (χ0v) is 21.1. The van der Waals surface area contributed by atoms with E-state index in [4.69, 9.17) is 0 Å². The van der Waals surface area contributed by atoms with Crippen LogP contribution >= 0.6 is 23.1 Å². The van der Waals surface area contributed by atoms with E-state index in [0.29, 0.717) is 16.4 Å². The maximum Gasteiger partial charge on any atom is 0.269 e. The number of nitro benzene ring substituents is 1. The topological polar surface area (TPSA) is 114 Å². The lowest BCUT2D eigenvalue weighted by atomic mass is 10.1. The van der Waals surface area contributed by atoms with Gasteiger partial charge in [0.05, 0.1) is 15.9 Å². The molecule has 182 valence electrons. The summed E-state index contributed by atoms with van der Waals surface area (Å²) >= 11 is 2.77. The van der Waals surface area contributed by atoms with Crippen molar-refractivity contribution in [3.05, 3.63) is 99.4 Å². The van der Waals surface area contributed by atoms with Crippen LogP contribution in [0.3, 0.4) is 0 Å². The number of hydrogen-bond acceptors (Lipinski definition) is 7. The molecule has 0 aliphatic carbocycles. The lowest BCUT2D eigenvalue weighted by Gasteiger charge is -2.11. The number of anilines is 2. The van der Waals surface area contributed by atoms with E-state index in [1.807, 2.05) is 55.6 Å². The summed E-state index contributed by atoms with van der Waals surface area (Å²) in [5.74, 6) is -0.521. The highest BCUT2D eigenvalue weighted by molar-refractivity contribution is 8.00. The molecule has 0 saturated carbocycles. The standard InChI is InChI=1S/C26H22N4O4S2/c1-16-3-5-18(6-4-16)23-15-35-26(28-23)29-24(31)17(2)36-22-13-9-20(10-14-22)27-25(32)19-7-11-21(12-8-19)30(33)34/h3-15,17H,1-2H3,(H,27,32)(H,28,29,31). The van der Waals surface area contributed by atoms with Crippen LogP contribution < -0.4 is 10.6 Å². The minimum Gasteiger partial charge on any atom is -0.322 e. The van der Waals surface area contributed by atoms with Gasteiger partial charge in [-0.1, -0.05) is 29.8 Å². The van der Waals surface area contributed by atoms with Crippen LogP contribution in [0, 0.1) is 17.0 Å². The van der Waals surface area contributed by atoms with Gasteiger partial charge in [0.25, 0.3) is 11.6 Å². The molecule has 36 heavy (non-hydrogen) atoms. The number of non-ortho nitro benzene ring substituents is 1. The number of nitro groups is 1. The van der Waals surface area contributed by atoms with Crippen molar-refractivity contribution in [3.8, 4) is 11.3 Å². The molecule has 0 aliphatic heterocycles. The molecule has 0 bridgehead atoms. The van der Waals surface area contributed by atoms with Gasteiger partial charge in [-0.2, -0.15) is 0 Å². The third-order valence-electron chi connectivity index (χ3n) is 5.22. The second kappa shape index (κ2) is 11.1. The SMILES string of the molecule is Cc1ccc(-c2csc(NC(=O)C(C)Sc3ccc(NC(=O)c4ccc([N+](=O)[O-])cc4)cc3)n2)cc1. The first-order valence-corrected chi connectivity index (χ1v) is 12.7. The number of nitrogens with zero attached hydrogens (tertiary/aromatic N) is 2. The van der Waals surface area contributed by atoms with Gasteiger partial charge in [-0.3, -0.25) is 19.7 Å². The van der Waals surface area contributed by atoms with Crippen molar-refractivity contribution in [2.75, 3.05) is 10.6 Å². The number of nitrogens with one attached hydrogen (secondary N) is 2. The zero-order chi connectivity index (χ0) is 25.7. The summed E-state index contributed by atoms with van der Waals surface area (Å²) in [4.78, 5) is 40.7. The monoisotopic (exact) mass is 518 g/mol. The molecule has 0 spiro atoms. The molecule has 10 heteroatoms. The number of aryl methyl sites for hydroxylation is 1. The third kappa shape index (κ3) is 6.35. The van der Waals surface area contributed by atoms with Crippen LogP contribution in [0.5, 0.6) is 0 Å². The maximum atomic E-state index is 12.7. The van der Waals surface area contributed by atoms with E-state index in [9.17, 15) is 19.7 Å². The smallest absolute Gasteiger partial charge is 0.269 e. The number of carbonyl (C=O) groups is 2. The minimum absolute atomic E-state index is 0.0762. The fraction of sp³-hybridized carbons (Fsp3) is 0.115. The molecule has 2 N–H and O–H groups in total. The molecule has 0 saturated heterocycles. The van der Waals surface area contributed by atoms with Gasteiger partial charge < -0.3 is 10.6 Å². The van der Waals surface area contributed by atoms with Crippen LogP contribution in [-0.2, 0) is 4.79 Å². The van der Waals surface area contributed by atoms with E-state index in [-0.39, 0.29) is 22.8 Å². The van der Waals surface area contributed by atoms with Gasteiger partial charge in [-0.05, 0) is 50.2 Å². The molecule has 1 heterocycles. The van der Waals surface area contributed by atoms with Crippen molar-refractivity contribution >= 4 is 51.4 Å². The Morgan fingerprint density at radius 3 is 2.28 bits per heavy atom. The molecular formula is C26H22N4O4S2. The Balaban J connectivity index is 1.30. The van der Waals surface area contributed by atoms with Gasteiger partial charge in [0, 0.05) is 39.2 Å². The van der Waals surface area contributed by atoms with Crippen LogP contribution in [0.2, 0.25) is 0 Å².